The molecule has 1 aliphatic rings. The molecule has 0 aliphatic carbocycles. The Labute approximate surface area is 200 Å². The second-order valence-corrected chi connectivity index (χ2v) is 8.85. The molecule has 1 fully saturated rings. The van der Waals surface area contributed by atoms with Crippen LogP contribution in [0.3, 0.4) is 0 Å². The number of benzene rings is 1. The zero-order valence-corrected chi connectivity index (χ0v) is 19.9. The molecule has 0 unspecified atom stereocenters. The van der Waals surface area contributed by atoms with E-state index in [1.165, 1.54) is 17.8 Å². The SMILES string of the molecule is CNC(=O)COc1cc2cc(Nc3nc(N4C[C@@H](C)C[C@@H](F)C4)ncc3Cl)ccc2n(C)c1=O. The first kappa shape index (κ1) is 23.7. The molecule has 1 aliphatic heterocycles. The fraction of sp³-hybridized carbons (Fsp3) is 0.391. The van der Waals surface area contributed by atoms with E-state index in [4.69, 9.17) is 16.3 Å². The van der Waals surface area contributed by atoms with Crippen LogP contribution in [0.1, 0.15) is 13.3 Å². The number of hydrogen-bond acceptors (Lipinski definition) is 7. The van der Waals surface area contributed by atoms with Crippen LogP contribution in [0.15, 0.2) is 35.3 Å². The maximum absolute atomic E-state index is 14.1. The second-order valence-electron chi connectivity index (χ2n) is 8.44. The van der Waals surface area contributed by atoms with Gasteiger partial charge in [-0.3, -0.25) is 9.59 Å². The molecule has 3 heterocycles. The van der Waals surface area contributed by atoms with Crippen molar-refractivity contribution >= 4 is 45.9 Å². The second kappa shape index (κ2) is 9.84. The van der Waals surface area contributed by atoms with E-state index in [1.54, 1.807) is 25.2 Å². The molecule has 0 radical (unpaired) electrons. The van der Waals surface area contributed by atoms with Crippen molar-refractivity contribution in [3.05, 3.63) is 45.8 Å². The number of ether oxygens (including phenoxy) is 1. The van der Waals surface area contributed by atoms with Gasteiger partial charge in [-0.25, -0.2) is 9.37 Å². The predicted molar refractivity (Wildman–Crippen MR) is 130 cm³/mol. The molecule has 1 amide bonds. The number of pyridine rings is 1. The van der Waals surface area contributed by atoms with Gasteiger partial charge in [-0.05, 0) is 36.6 Å². The Morgan fingerprint density at radius 2 is 2.12 bits per heavy atom. The van der Waals surface area contributed by atoms with Gasteiger partial charge in [0.15, 0.2) is 18.2 Å². The number of nitrogens with zero attached hydrogens (tertiary/aromatic N) is 4. The molecule has 4 rings (SSSR count). The fourth-order valence-electron chi connectivity index (χ4n) is 4.02. The maximum atomic E-state index is 14.1. The van der Waals surface area contributed by atoms with Gasteiger partial charge in [-0.15, -0.1) is 0 Å². The Hall–Kier alpha value is -3.40. The van der Waals surface area contributed by atoms with E-state index in [-0.39, 0.29) is 36.3 Å². The third kappa shape index (κ3) is 5.06. The highest BCUT2D eigenvalue weighted by atomic mass is 35.5. The van der Waals surface area contributed by atoms with Crippen LogP contribution in [-0.4, -0.2) is 53.4 Å². The molecule has 0 spiro atoms. The van der Waals surface area contributed by atoms with Crippen LogP contribution < -0.4 is 25.8 Å². The van der Waals surface area contributed by atoms with Gasteiger partial charge >= 0.3 is 0 Å². The number of aryl methyl sites for hydroxylation is 1. The summed E-state index contributed by atoms with van der Waals surface area (Å²) >= 11 is 6.33. The lowest BCUT2D eigenvalue weighted by atomic mass is 9.99. The van der Waals surface area contributed by atoms with Crippen LogP contribution in [0.25, 0.3) is 10.9 Å². The average molecular weight is 489 g/mol. The minimum absolute atomic E-state index is 0.0677. The van der Waals surface area contributed by atoms with E-state index < -0.39 is 6.17 Å². The number of carbonyl (C=O) groups excluding carboxylic acids is 1. The predicted octanol–water partition coefficient (Wildman–Crippen LogP) is 3.03. The van der Waals surface area contributed by atoms with Crippen LogP contribution in [0.5, 0.6) is 5.75 Å². The Morgan fingerprint density at radius 1 is 1.32 bits per heavy atom. The van der Waals surface area contributed by atoms with Gasteiger partial charge in [0.2, 0.25) is 5.95 Å². The van der Waals surface area contributed by atoms with Crippen molar-refractivity contribution in [3.63, 3.8) is 0 Å². The lowest BCUT2D eigenvalue weighted by molar-refractivity contribution is -0.122. The molecule has 1 aromatic carbocycles. The van der Waals surface area contributed by atoms with Gasteiger partial charge in [-0.2, -0.15) is 4.98 Å². The zero-order chi connectivity index (χ0) is 24.4. The summed E-state index contributed by atoms with van der Waals surface area (Å²) in [6.07, 6.45) is 1.10. The first-order valence-corrected chi connectivity index (χ1v) is 11.3. The Morgan fingerprint density at radius 3 is 2.85 bits per heavy atom. The average Bonchev–Trinajstić information content (AvgIpc) is 2.81. The molecule has 2 atom stereocenters. The van der Waals surface area contributed by atoms with E-state index in [1.807, 2.05) is 17.9 Å². The Kier molecular flexibility index (Phi) is 6.87. The monoisotopic (exact) mass is 488 g/mol. The normalized spacial score (nSPS) is 18.1. The van der Waals surface area contributed by atoms with Gasteiger partial charge in [0.05, 0.1) is 18.3 Å². The third-order valence-electron chi connectivity index (χ3n) is 5.71. The molecule has 180 valence electrons. The molecule has 34 heavy (non-hydrogen) atoms. The number of aromatic nitrogens is 3. The largest absolute Gasteiger partial charge is 0.478 e. The number of carbonyl (C=O) groups is 1. The summed E-state index contributed by atoms with van der Waals surface area (Å²) in [7, 11) is 3.13. The Balaban J connectivity index is 1.62. The topological polar surface area (TPSA) is 101 Å². The van der Waals surface area contributed by atoms with Gasteiger partial charge < -0.3 is 24.8 Å². The number of anilines is 3. The Bertz CT molecular complexity index is 1270. The van der Waals surface area contributed by atoms with Crippen LogP contribution >= 0.6 is 11.6 Å². The molecule has 9 nitrogen and oxygen atoms in total. The van der Waals surface area contributed by atoms with Gasteiger partial charge in [0, 0.05) is 31.7 Å². The molecule has 0 bridgehead atoms. The molecular weight excluding hydrogens is 463 g/mol. The third-order valence-corrected chi connectivity index (χ3v) is 5.99. The van der Waals surface area contributed by atoms with Crippen LogP contribution in [0.4, 0.5) is 21.8 Å². The fourth-order valence-corrected chi connectivity index (χ4v) is 4.16. The summed E-state index contributed by atoms with van der Waals surface area (Å²) < 4.78 is 20.9. The van der Waals surface area contributed by atoms with E-state index in [2.05, 4.69) is 20.6 Å². The first-order valence-electron chi connectivity index (χ1n) is 10.9. The smallest absolute Gasteiger partial charge is 0.293 e. The molecule has 11 heteroatoms. The van der Waals surface area contributed by atoms with E-state index in [0.29, 0.717) is 41.0 Å². The lowest BCUT2D eigenvalue weighted by Crippen LogP contribution is -2.41. The minimum atomic E-state index is -0.925. The van der Waals surface area contributed by atoms with E-state index >= 15 is 0 Å². The molecule has 2 N–H and O–H groups in total. The highest BCUT2D eigenvalue weighted by molar-refractivity contribution is 6.32. The van der Waals surface area contributed by atoms with E-state index in [9.17, 15) is 14.0 Å². The van der Waals surface area contributed by atoms with Crippen molar-refractivity contribution in [2.24, 2.45) is 13.0 Å². The van der Waals surface area contributed by atoms with Crippen LogP contribution in [-0.2, 0) is 11.8 Å². The van der Waals surface area contributed by atoms with Gasteiger partial charge in [0.1, 0.15) is 11.2 Å². The summed E-state index contributed by atoms with van der Waals surface area (Å²) in [5, 5.41) is 6.67. The number of piperidine rings is 1. The van der Waals surface area contributed by atoms with Crippen molar-refractivity contribution in [1.29, 1.82) is 0 Å². The quantitative estimate of drug-likeness (QED) is 0.550. The maximum Gasteiger partial charge on any atom is 0.293 e. The summed E-state index contributed by atoms with van der Waals surface area (Å²) in [5.41, 5.74) is 1.02. The summed E-state index contributed by atoms with van der Waals surface area (Å²) in [5.74, 6) is 0.730. The summed E-state index contributed by atoms with van der Waals surface area (Å²) in [4.78, 5) is 34.7. The number of hydrogen-bond donors (Lipinski definition) is 2. The highest BCUT2D eigenvalue weighted by Crippen LogP contribution is 2.29. The van der Waals surface area contributed by atoms with Gasteiger partial charge in [-0.1, -0.05) is 18.5 Å². The lowest BCUT2D eigenvalue weighted by Gasteiger charge is -2.33. The van der Waals surface area contributed by atoms with E-state index in [0.717, 1.165) is 5.39 Å². The van der Waals surface area contributed by atoms with Crippen molar-refractivity contribution in [3.8, 4) is 5.75 Å². The molecule has 1 saturated heterocycles. The van der Waals surface area contributed by atoms with Crippen molar-refractivity contribution in [2.45, 2.75) is 19.5 Å². The number of rotatable bonds is 6. The van der Waals surface area contributed by atoms with Crippen molar-refractivity contribution < 1.29 is 13.9 Å². The molecule has 0 saturated carbocycles. The van der Waals surface area contributed by atoms with Gasteiger partial charge in [0.25, 0.3) is 11.5 Å². The molecule has 3 aromatic rings. The number of likely N-dealkylation sites (N-methyl/N-ethyl adjacent to an activating group) is 1. The zero-order valence-electron chi connectivity index (χ0n) is 19.1. The summed E-state index contributed by atoms with van der Waals surface area (Å²) in [6, 6.07) is 7.00. The molecule has 2 aromatic heterocycles. The number of halogens is 2. The van der Waals surface area contributed by atoms with Crippen LogP contribution in [0, 0.1) is 5.92 Å². The minimum Gasteiger partial charge on any atom is -0.478 e. The van der Waals surface area contributed by atoms with Crippen molar-refractivity contribution in [1.82, 2.24) is 19.9 Å². The standard InChI is InChI=1S/C23H26ClFN6O3/c1-13-6-15(25)11-31(10-13)23-27-9-17(24)21(29-23)28-16-4-5-18-14(7-16)8-19(22(33)30(18)3)34-12-20(32)26-2/h4-5,7-9,13,15H,6,10-12H2,1-3H3,(H,26,32)(H,27,28,29)/t13-,15+/m0/s1. The number of amides is 1. The number of fused-ring (bicyclic) bond motifs is 1. The first-order chi connectivity index (χ1) is 16.2. The molecular formula is C23H26ClFN6O3. The number of nitrogens with one attached hydrogen (secondary N) is 2. The summed E-state index contributed by atoms with van der Waals surface area (Å²) in [6.45, 7) is 2.66. The van der Waals surface area contributed by atoms with Crippen molar-refractivity contribution in [2.75, 3.05) is 37.0 Å². The van der Waals surface area contributed by atoms with Crippen LogP contribution in [0.2, 0.25) is 5.02 Å². The highest BCUT2D eigenvalue weighted by Gasteiger charge is 2.26. The number of alkyl halides is 1.